The fraction of sp³-hybridized carbons (Fsp3) is 0.467. The van der Waals surface area contributed by atoms with Crippen molar-refractivity contribution < 1.29 is 18.9 Å². The number of carbonyl (C=O) groups excluding carboxylic acids is 1. The third-order valence-electron chi connectivity index (χ3n) is 3.17. The minimum absolute atomic E-state index is 0.0956. The number of benzene rings is 1. The van der Waals surface area contributed by atoms with Crippen molar-refractivity contribution in [2.45, 2.75) is 39.5 Å². The topological polar surface area (TPSA) is 83.5 Å². The van der Waals surface area contributed by atoms with Crippen molar-refractivity contribution >= 4 is 22.7 Å². The van der Waals surface area contributed by atoms with Crippen molar-refractivity contribution in [3.63, 3.8) is 0 Å². The molecule has 1 amide bonds. The van der Waals surface area contributed by atoms with Crippen molar-refractivity contribution in [3.8, 4) is 0 Å². The predicted octanol–water partition coefficient (Wildman–Crippen LogP) is 1.45. The first-order valence-corrected chi connectivity index (χ1v) is 8.11. The van der Waals surface area contributed by atoms with Crippen molar-refractivity contribution in [1.29, 1.82) is 0 Å². The molecule has 1 aromatic carbocycles. The normalized spacial score (nSPS) is 13.5. The number of carbonyl (C=O) groups is 2. The van der Waals surface area contributed by atoms with Gasteiger partial charge in [0.15, 0.2) is 0 Å². The molecule has 0 aliphatic carbocycles. The van der Waals surface area contributed by atoms with Gasteiger partial charge in [0.2, 0.25) is 5.91 Å². The second-order valence-electron chi connectivity index (χ2n) is 5.22. The number of hydrogen-bond acceptors (Lipinski definition) is 3. The molecule has 1 unspecified atom stereocenters. The van der Waals surface area contributed by atoms with Crippen molar-refractivity contribution in [2.24, 2.45) is 0 Å². The van der Waals surface area contributed by atoms with Crippen LogP contribution >= 0.6 is 0 Å². The number of carboxylic acid groups (broad SMARTS) is 1. The third kappa shape index (κ3) is 5.30. The van der Waals surface area contributed by atoms with E-state index in [2.05, 4.69) is 5.32 Å². The van der Waals surface area contributed by atoms with Crippen molar-refractivity contribution in [3.05, 3.63) is 34.4 Å². The van der Waals surface area contributed by atoms with Gasteiger partial charge in [-0.05, 0) is 37.5 Å². The number of hydrogen-bond donors (Lipinski definition) is 2. The molecule has 0 radical (unpaired) electrons. The summed E-state index contributed by atoms with van der Waals surface area (Å²) in [5.41, 5.74) is 4.21. The quantitative estimate of drug-likeness (QED) is 0.833. The zero-order valence-electron chi connectivity index (χ0n) is 12.7. The van der Waals surface area contributed by atoms with Crippen LogP contribution in [0.4, 0.5) is 0 Å². The predicted molar refractivity (Wildman–Crippen MR) is 82.6 cm³/mol. The first-order valence-electron chi connectivity index (χ1n) is 6.62. The molecule has 1 rings (SSSR count). The second kappa shape index (κ2) is 7.36. The number of carboxylic acids is 1. The van der Waals surface area contributed by atoms with E-state index in [0.717, 1.165) is 22.3 Å². The summed E-state index contributed by atoms with van der Waals surface area (Å²) in [6.45, 7) is 7.15. The average Bonchev–Trinajstić information content (AvgIpc) is 2.32. The minimum Gasteiger partial charge on any atom is -0.480 e. The monoisotopic (exact) mass is 311 g/mol. The zero-order valence-corrected chi connectivity index (χ0v) is 13.5. The highest BCUT2D eigenvalue weighted by atomic mass is 32.2. The fourth-order valence-electron chi connectivity index (χ4n) is 2.26. The number of nitrogens with one attached hydrogen (secondary N) is 1. The number of aryl methyl sites for hydroxylation is 3. The summed E-state index contributed by atoms with van der Waals surface area (Å²) >= 11 is 0. The van der Waals surface area contributed by atoms with Gasteiger partial charge in [0.1, 0.15) is 6.04 Å². The summed E-state index contributed by atoms with van der Waals surface area (Å²) in [6.07, 6.45) is 0. The van der Waals surface area contributed by atoms with Gasteiger partial charge in [-0.1, -0.05) is 17.7 Å². The Morgan fingerprint density at radius 2 is 1.76 bits per heavy atom. The Kier molecular flexibility index (Phi) is 6.08. The zero-order chi connectivity index (χ0) is 16.2. The summed E-state index contributed by atoms with van der Waals surface area (Å²) in [5.74, 6) is -1.42. The standard InChI is InChI=1S/C15H21NO4S/c1-9-5-10(2)13(11(3)6-9)7-21(20)8-14(15(18)19)16-12(4)17/h5-6,14H,7-8H2,1-4H3,(H,16,17)(H,18,19)/t14-,21?/m0/s1. The Hall–Kier alpha value is -1.69. The Labute approximate surface area is 127 Å². The van der Waals surface area contributed by atoms with Gasteiger partial charge in [0.25, 0.3) is 0 Å². The molecular formula is C15H21NO4S. The molecule has 0 fully saturated rings. The molecule has 0 spiro atoms. The van der Waals surface area contributed by atoms with Crippen molar-refractivity contribution in [1.82, 2.24) is 5.32 Å². The van der Waals surface area contributed by atoms with E-state index in [1.165, 1.54) is 6.92 Å². The average molecular weight is 311 g/mol. The van der Waals surface area contributed by atoms with Crippen LogP contribution in [-0.4, -0.2) is 33.0 Å². The second-order valence-corrected chi connectivity index (χ2v) is 6.72. The van der Waals surface area contributed by atoms with Gasteiger partial charge in [-0.25, -0.2) is 4.79 Å². The summed E-state index contributed by atoms with van der Waals surface area (Å²) in [4.78, 5) is 22.0. The van der Waals surface area contributed by atoms with Crippen LogP contribution in [-0.2, 0) is 26.1 Å². The highest BCUT2D eigenvalue weighted by molar-refractivity contribution is 7.84. The van der Waals surface area contributed by atoms with E-state index >= 15 is 0 Å². The molecule has 0 saturated carbocycles. The summed E-state index contributed by atoms with van der Waals surface area (Å²) in [5, 5.41) is 11.3. The van der Waals surface area contributed by atoms with Crippen LogP contribution in [0.25, 0.3) is 0 Å². The minimum atomic E-state index is -1.36. The molecule has 0 aliphatic heterocycles. The molecule has 21 heavy (non-hydrogen) atoms. The highest BCUT2D eigenvalue weighted by Crippen LogP contribution is 2.18. The molecule has 6 heteroatoms. The summed E-state index contributed by atoms with van der Waals surface area (Å²) in [7, 11) is -1.36. The van der Waals surface area contributed by atoms with E-state index in [1.807, 2.05) is 32.9 Å². The molecule has 1 aromatic rings. The van der Waals surface area contributed by atoms with Crippen LogP contribution in [0.5, 0.6) is 0 Å². The van der Waals surface area contributed by atoms with E-state index in [9.17, 15) is 13.8 Å². The molecule has 0 bridgehead atoms. The molecule has 0 aliphatic rings. The van der Waals surface area contributed by atoms with E-state index in [-0.39, 0.29) is 5.75 Å². The molecule has 5 nitrogen and oxygen atoms in total. The third-order valence-corrected chi connectivity index (χ3v) is 4.49. The first-order chi connectivity index (χ1) is 9.70. The van der Waals surface area contributed by atoms with Crippen molar-refractivity contribution in [2.75, 3.05) is 5.75 Å². The van der Waals surface area contributed by atoms with Crippen LogP contribution in [0, 0.1) is 20.8 Å². The maximum absolute atomic E-state index is 12.2. The molecule has 0 heterocycles. The largest absolute Gasteiger partial charge is 0.480 e. The molecule has 0 saturated heterocycles. The Bertz CT molecular complexity index is 560. The van der Waals surface area contributed by atoms with Crippen LogP contribution in [0.3, 0.4) is 0 Å². The number of rotatable bonds is 6. The molecule has 2 N–H and O–H groups in total. The number of aliphatic carboxylic acids is 1. The van der Waals surface area contributed by atoms with Crippen LogP contribution in [0.15, 0.2) is 12.1 Å². The fourth-order valence-corrected chi connectivity index (χ4v) is 3.76. The summed E-state index contributed by atoms with van der Waals surface area (Å²) < 4.78 is 12.2. The maximum atomic E-state index is 12.2. The lowest BCUT2D eigenvalue weighted by molar-refractivity contribution is -0.140. The van der Waals surface area contributed by atoms with Gasteiger partial charge >= 0.3 is 5.97 Å². The SMILES string of the molecule is CC(=O)N[C@@H](CS(=O)Cc1c(C)cc(C)cc1C)C(=O)O. The van der Waals surface area contributed by atoms with Gasteiger partial charge < -0.3 is 10.4 Å². The van der Waals surface area contributed by atoms with Crippen LogP contribution < -0.4 is 5.32 Å². The Morgan fingerprint density at radius 3 is 2.19 bits per heavy atom. The molecule has 2 atom stereocenters. The van der Waals surface area contributed by atoms with Crippen LogP contribution in [0.2, 0.25) is 0 Å². The van der Waals surface area contributed by atoms with Crippen LogP contribution in [0.1, 0.15) is 29.2 Å². The maximum Gasteiger partial charge on any atom is 0.327 e. The Morgan fingerprint density at radius 1 is 1.24 bits per heavy atom. The van der Waals surface area contributed by atoms with Gasteiger partial charge in [-0.2, -0.15) is 0 Å². The molecular weight excluding hydrogens is 290 g/mol. The van der Waals surface area contributed by atoms with E-state index in [1.54, 1.807) is 0 Å². The van der Waals surface area contributed by atoms with Gasteiger partial charge in [0, 0.05) is 23.5 Å². The van der Waals surface area contributed by atoms with Gasteiger partial charge in [-0.3, -0.25) is 9.00 Å². The van der Waals surface area contributed by atoms with Gasteiger partial charge in [0.05, 0.1) is 5.75 Å². The van der Waals surface area contributed by atoms with Gasteiger partial charge in [-0.15, -0.1) is 0 Å². The van der Waals surface area contributed by atoms with E-state index in [4.69, 9.17) is 5.11 Å². The highest BCUT2D eigenvalue weighted by Gasteiger charge is 2.22. The molecule has 0 aromatic heterocycles. The summed E-state index contributed by atoms with van der Waals surface area (Å²) in [6, 6.07) is 2.92. The smallest absolute Gasteiger partial charge is 0.327 e. The first kappa shape index (κ1) is 17.4. The molecule has 116 valence electrons. The lowest BCUT2D eigenvalue weighted by Crippen LogP contribution is -2.43. The Balaban J connectivity index is 2.82. The van der Waals surface area contributed by atoms with E-state index < -0.39 is 28.7 Å². The van der Waals surface area contributed by atoms with E-state index in [0.29, 0.717) is 5.75 Å². The number of amides is 1. The lowest BCUT2D eigenvalue weighted by Gasteiger charge is -2.15. The lowest BCUT2D eigenvalue weighted by atomic mass is 10.0.